The van der Waals surface area contributed by atoms with E-state index in [1.165, 1.54) is 7.11 Å². The fourth-order valence-electron chi connectivity index (χ4n) is 3.43. The number of benzene rings is 1. The van der Waals surface area contributed by atoms with Crippen molar-refractivity contribution in [1.29, 1.82) is 0 Å². The molecular formula is C21H28N6O2S. The van der Waals surface area contributed by atoms with Crippen molar-refractivity contribution in [2.45, 2.75) is 37.8 Å². The number of aromatic nitrogens is 2. The predicted molar refractivity (Wildman–Crippen MR) is 123 cm³/mol. The number of carbonyl (C=O) groups is 1. The second-order valence-electron chi connectivity index (χ2n) is 7.50. The van der Waals surface area contributed by atoms with Gasteiger partial charge in [0.1, 0.15) is 5.82 Å². The van der Waals surface area contributed by atoms with Crippen LogP contribution < -0.4 is 20.9 Å². The first-order valence-electron chi connectivity index (χ1n) is 9.97. The first kappa shape index (κ1) is 21.8. The van der Waals surface area contributed by atoms with Gasteiger partial charge in [0, 0.05) is 38.1 Å². The number of nitrogens with one attached hydrogen (secondary N) is 3. The summed E-state index contributed by atoms with van der Waals surface area (Å²) in [4.78, 5) is 22.5. The minimum Gasteiger partial charge on any atom is -0.465 e. The Balaban J connectivity index is 1.46. The maximum atomic E-state index is 11.7. The Hall–Kier alpha value is -2.94. The standard InChI is InChI=1S/C21H28N6O2S/c1-27(2)18-11-12-22-20(26-18)23-15-7-9-16(10-8-15)24-21(30)25-17-6-4-5-14(13-17)19(28)29-3/h4-6,11-13,15-16H,7-10H2,1-3H3,(H,22,23,26)(H2,24,25,30). The highest BCUT2D eigenvalue weighted by Gasteiger charge is 2.22. The lowest BCUT2D eigenvalue weighted by atomic mass is 9.91. The van der Waals surface area contributed by atoms with Crippen LogP contribution in [0.1, 0.15) is 36.0 Å². The van der Waals surface area contributed by atoms with Gasteiger partial charge in [0.15, 0.2) is 5.11 Å². The molecule has 0 aliphatic heterocycles. The van der Waals surface area contributed by atoms with Gasteiger partial charge >= 0.3 is 5.97 Å². The number of nitrogens with zero attached hydrogens (tertiary/aromatic N) is 3. The van der Waals surface area contributed by atoms with Crippen molar-refractivity contribution in [1.82, 2.24) is 15.3 Å². The molecule has 0 atom stereocenters. The second-order valence-corrected chi connectivity index (χ2v) is 7.90. The third-order valence-electron chi connectivity index (χ3n) is 5.04. The largest absolute Gasteiger partial charge is 0.465 e. The summed E-state index contributed by atoms with van der Waals surface area (Å²) in [5.74, 6) is 1.18. The van der Waals surface area contributed by atoms with E-state index in [0.29, 0.717) is 28.7 Å². The maximum Gasteiger partial charge on any atom is 0.337 e. The number of anilines is 3. The molecule has 160 valence electrons. The van der Waals surface area contributed by atoms with E-state index in [1.807, 2.05) is 31.1 Å². The van der Waals surface area contributed by atoms with Crippen LogP contribution in [0.15, 0.2) is 36.5 Å². The summed E-state index contributed by atoms with van der Waals surface area (Å²) < 4.78 is 4.76. The van der Waals surface area contributed by atoms with Gasteiger partial charge in [-0.05, 0) is 62.2 Å². The van der Waals surface area contributed by atoms with Gasteiger partial charge in [-0.1, -0.05) is 6.07 Å². The Morgan fingerprint density at radius 2 is 1.90 bits per heavy atom. The Morgan fingerprint density at radius 3 is 2.60 bits per heavy atom. The van der Waals surface area contributed by atoms with Crippen molar-refractivity contribution < 1.29 is 9.53 Å². The molecule has 1 aliphatic carbocycles. The highest BCUT2D eigenvalue weighted by atomic mass is 32.1. The van der Waals surface area contributed by atoms with Crippen LogP contribution in [-0.4, -0.2) is 54.3 Å². The highest BCUT2D eigenvalue weighted by Crippen LogP contribution is 2.22. The van der Waals surface area contributed by atoms with E-state index in [4.69, 9.17) is 17.0 Å². The molecule has 9 heteroatoms. The van der Waals surface area contributed by atoms with Gasteiger partial charge in [0.25, 0.3) is 0 Å². The molecule has 3 rings (SSSR count). The van der Waals surface area contributed by atoms with Crippen molar-refractivity contribution in [3.8, 4) is 0 Å². The fourth-order valence-corrected chi connectivity index (χ4v) is 3.71. The zero-order valence-corrected chi connectivity index (χ0v) is 18.3. The summed E-state index contributed by atoms with van der Waals surface area (Å²) in [5.41, 5.74) is 1.24. The quantitative estimate of drug-likeness (QED) is 0.474. The minimum absolute atomic E-state index is 0.306. The summed E-state index contributed by atoms with van der Waals surface area (Å²) >= 11 is 5.45. The van der Waals surface area contributed by atoms with E-state index in [2.05, 4.69) is 25.9 Å². The number of ether oxygens (including phenoxy) is 1. The van der Waals surface area contributed by atoms with Crippen LogP contribution in [0.25, 0.3) is 0 Å². The molecule has 3 N–H and O–H groups in total. The molecule has 1 saturated carbocycles. The van der Waals surface area contributed by atoms with Gasteiger partial charge in [-0.25, -0.2) is 9.78 Å². The first-order valence-corrected chi connectivity index (χ1v) is 10.4. The third kappa shape index (κ3) is 6.03. The molecule has 1 aliphatic rings. The zero-order valence-electron chi connectivity index (χ0n) is 17.5. The fraction of sp³-hybridized carbons (Fsp3) is 0.429. The van der Waals surface area contributed by atoms with Crippen LogP contribution >= 0.6 is 12.2 Å². The lowest BCUT2D eigenvalue weighted by Gasteiger charge is -2.30. The summed E-state index contributed by atoms with van der Waals surface area (Å²) in [6.07, 6.45) is 5.78. The average Bonchev–Trinajstić information content (AvgIpc) is 2.75. The first-order chi connectivity index (χ1) is 14.4. The van der Waals surface area contributed by atoms with Crippen molar-refractivity contribution in [2.24, 2.45) is 0 Å². The average molecular weight is 429 g/mol. The van der Waals surface area contributed by atoms with Crippen molar-refractivity contribution >= 4 is 40.8 Å². The molecule has 0 amide bonds. The van der Waals surface area contributed by atoms with Crippen molar-refractivity contribution in [2.75, 3.05) is 36.7 Å². The summed E-state index contributed by atoms with van der Waals surface area (Å²) in [5, 5.41) is 10.5. The number of thiocarbonyl (C=S) groups is 1. The third-order valence-corrected chi connectivity index (χ3v) is 5.26. The smallest absolute Gasteiger partial charge is 0.337 e. The van der Waals surface area contributed by atoms with Crippen molar-refractivity contribution in [3.63, 3.8) is 0 Å². The highest BCUT2D eigenvalue weighted by molar-refractivity contribution is 7.80. The molecule has 0 spiro atoms. The molecule has 1 heterocycles. The molecule has 1 aromatic carbocycles. The van der Waals surface area contributed by atoms with Gasteiger partial charge in [-0.3, -0.25) is 0 Å². The van der Waals surface area contributed by atoms with E-state index in [9.17, 15) is 4.79 Å². The number of hydrogen-bond acceptors (Lipinski definition) is 7. The molecule has 0 unspecified atom stereocenters. The number of methoxy groups -OCH3 is 1. The predicted octanol–water partition coefficient (Wildman–Crippen LogP) is 3.04. The monoisotopic (exact) mass is 428 g/mol. The van der Waals surface area contributed by atoms with Crippen LogP contribution in [0.4, 0.5) is 17.5 Å². The van der Waals surface area contributed by atoms with E-state index in [0.717, 1.165) is 37.2 Å². The van der Waals surface area contributed by atoms with Crippen LogP contribution in [0.5, 0.6) is 0 Å². The Morgan fingerprint density at radius 1 is 1.17 bits per heavy atom. The lowest BCUT2D eigenvalue weighted by molar-refractivity contribution is 0.0601. The molecule has 1 fully saturated rings. The molecule has 8 nitrogen and oxygen atoms in total. The molecule has 30 heavy (non-hydrogen) atoms. The summed E-state index contributed by atoms with van der Waals surface area (Å²) in [6, 6.07) is 9.63. The topological polar surface area (TPSA) is 91.4 Å². The van der Waals surface area contributed by atoms with Crippen LogP contribution in [0, 0.1) is 0 Å². The molecule has 2 aromatic rings. The van der Waals surface area contributed by atoms with Gasteiger partial charge < -0.3 is 25.6 Å². The van der Waals surface area contributed by atoms with E-state index in [-0.39, 0.29) is 5.97 Å². The zero-order chi connectivity index (χ0) is 21.5. The summed E-state index contributed by atoms with van der Waals surface area (Å²) in [7, 11) is 5.29. The second kappa shape index (κ2) is 10.2. The van der Waals surface area contributed by atoms with Crippen LogP contribution in [0.2, 0.25) is 0 Å². The molecular weight excluding hydrogens is 400 g/mol. The molecule has 0 bridgehead atoms. The van der Waals surface area contributed by atoms with Gasteiger partial charge in [0.2, 0.25) is 5.95 Å². The van der Waals surface area contributed by atoms with Gasteiger partial charge in [-0.15, -0.1) is 0 Å². The number of rotatable bonds is 6. The van der Waals surface area contributed by atoms with Gasteiger partial charge in [0.05, 0.1) is 12.7 Å². The van der Waals surface area contributed by atoms with E-state index in [1.54, 1.807) is 24.4 Å². The van der Waals surface area contributed by atoms with E-state index < -0.39 is 0 Å². The van der Waals surface area contributed by atoms with Crippen molar-refractivity contribution in [3.05, 3.63) is 42.1 Å². The Labute approximate surface area is 182 Å². The Kier molecular flexibility index (Phi) is 7.40. The van der Waals surface area contributed by atoms with E-state index >= 15 is 0 Å². The molecule has 0 radical (unpaired) electrons. The molecule has 1 aromatic heterocycles. The lowest BCUT2D eigenvalue weighted by Crippen LogP contribution is -2.42. The van der Waals surface area contributed by atoms with Crippen LogP contribution in [0.3, 0.4) is 0 Å². The summed E-state index contributed by atoms with van der Waals surface area (Å²) in [6.45, 7) is 0. The van der Waals surface area contributed by atoms with Crippen LogP contribution in [-0.2, 0) is 4.74 Å². The van der Waals surface area contributed by atoms with Gasteiger partial charge in [-0.2, -0.15) is 4.98 Å². The Bertz CT molecular complexity index is 883. The maximum absolute atomic E-state index is 11.7. The number of carbonyl (C=O) groups excluding carboxylic acids is 1. The SMILES string of the molecule is COC(=O)c1cccc(NC(=S)NC2CCC(Nc3nccc(N(C)C)n3)CC2)c1. The normalized spacial score (nSPS) is 18.2. The minimum atomic E-state index is -0.372. The number of esters is 1. The number of hydrogen-bond donors (Lipinski definition) is 3. The molecule has 0 saturated heterocycles.